The predicted octanol–water partition coefficient (Wildman–Crippen LogP) is 5.42. The van der Waals surface area contributed by atoms with Crippen LogP contribution in [0.1, 0.15) is 26.5 Å². The van der Waals surface area contributed by atoms with Crippen molar-refractivity contribution in [1.29, 1.82) is 0 Å². The molecule has 0 spiro atoms. The Hall–Kier alpha value is -2.55. The van der Waals surface area contributed by atoms with E-state index >= 15 is 0 Å². The molecule has 3 nitrogen and oxygen atoms in total. The standard InChI is InChI=1S/C18H19NO2.C2H6/c1-5-7-8-13(6-2)16-12-18(21-4)15-10-9-14(20-3)11-17(15)19-16;1-2/h5-12H,2H2,1,3-4H3;1-2H3/b7-5-,13-8+;. The monoisotopic (exact) mass is 311 g/mol. The number of fused-ring (bicyclic) bond motifs is 1. The molecule has 0 saturated heterocycles. The molecule has 0 fully saturated rings. The highest BCUT2D eigenvalue weighted by atomic mass is 16.5. The molecule has 0 amide bonds. The van der Waals surface area contributed by atoms with Crippen molar-refractivity contribution in [1.82, 2.24) is 4.98 Å². The summed E-state index contributed by atoms with van der Waals surface area (Å²) in [7, 11) is 3.30. The lowest BCUT2D eigenvalue weighted by molar-refractivity contribution is 0.414. The van der Waals surface area contributed by atoms with Crippen LogP contribution in [0.4, 0.5) is 0 Å². The topological polar surface area (TPSA) is 31.4 Å². The van der Waals surface area contributed by atoms with E-state index in [0.29, 0.717) is 0 Å². The summed E-state index contributed by atoms with van der Waals surface area (Å²) in [5, 5.41) is 0.955. The van der Waals surface area contributed by atoms with Gasteiger partial charge in [-0.1, -0.05) is 44.7 Å². The molecule has 0 aliphatic heterocycles. The first-order valence-electron chi connectivity index (χ1n) is 7.72. The number of ether oxygens (including phenoxy) is 2. The zero-order valence-corrected chi connectivity index (χ0v) is 14.6. The van der Waals surface area contributed by atoms with Gasteiger partial charge in [-0.15, -0.1) is 0 Å². The molecule has 0 saturated carbocycles. The number of aromatic nitrogens is 1. The lowest BCUT2D eigenvalue weighted by Crippen LogP contribution is -1.94. The molecule has 2 rings (SSSR count). The van der Waals surface area contributed by atoms with Crippen LogP contribution in [-0.2, 0) is 0 Å². The minimum Gasteiger partial charge on any atom is -0.497 e. The van der Waals surface area contributed by atoms with Gasteiger partial charge in [-0.25, -0.2) is 4.98 Å². The van der Waals surface area contributed by atoms with Crippen molar-refractivity contribution in [3.63, 3.8) is 0 Å². The van der Waals surface area contributed by atoms with Crippen molar-refractivity contribution in [3.05, 3.63) is 60.8 Å². The van der Waals surface area contributed by atoms with Crippen LogP contribution in [0.25, 0.3) is 16.5 Å². The fourth-order valence-corrected chi connectivity index (χ4v) is 2.08. The second-order valence-corrected chi connectivity index (χ2v) is 4.44. The van der Waals surface area contributed by atoms with Crippen LogP contribution in [-0.4, -0.2) is 19.2 Å². The summed E-state index contributed by atoms with van der Waals surface area (Å²) in [5.74, 6) is 1.55. The molecule has 0 unspecified atom stereocenters. The zero-order chi connectivity index (χ0) is 17.2. The summed E-state index contributed by atoms with van der Waals surface area (Å²) in [6.45, 7) is 9.82. The fourth-order valence-electron chi connectivity index (χ4n) is 2.08. The molecule has 0 bridgehead atoms. The molecule has 1 aromatic heterocycles. The van der Waals surface area contributed by atoms with Crippen LogP contribution in [0.5, 0.6) is 11.5 Å². The summed E-state index contributed by atoms with van der Waals surface area (Å²) in [6, 6.07) is 7.67. The number of hydrogen-bond donors (Lipinski definition) is 0. The highest BCUT2D eigenvalue weighted by molar-refractivity contribution is 5.89. The van der Waals surface area contributed by atoms with Gasteiger partial charge < -0.3 is 9.47 Å². The van der Waals surface area contributed by atoms with E-state index in [1.807, 2.05) is 63.3 Å². The Balaban J connectivity index is 0.00000127. The maximum absolute atomic E-state index is 5.48. The Labute approximate surface area is 139 Å². The molecule has 1 aromatic carbocycles. The lowest BCUT2D eigenvalue weighted by Gasteiger charge is -2.10. The van der Waals surface area contributed by atoms with Gasteiger partial charge in [-0.05, 0) is 24.6 Å². The molecular weight excluding hydrogens is 286 g/mol. The largest absolute Gasteiger partial charge is 0.497 e. The SMILES string of the molecule is C=C/C(=C\C=C/C)c1cc(OC)c2ccc(OC)cc2n1.CC. The summed E-state index contributed by atoms with van der Waals surface area (Å²) in [6.07, 6.45) is 7.68. The second kappa shape index (κ2) is 9.46. The normalized spacial score (nSPS) is 11.1. The van der Waals surface area contributed by atoms with Gasteiger partial charge in [0.25, 0.3) is 0 Å². The van der Waals surface area contributed by atoms with E-state index in [9.17, 15) is 0 Å². The number of pyridine rings is 1. The molecule has 1 heterocycles. The van der Waals surface area contributed by atoms with E-state index in [1.165, 1.54) is 0 Å². The Morgan fingerprint density at radius 3 is 2.43 bits per heavy atom. The smallest absolute Gasteiger partial charge is 0.130 e. The van der Waals surface area contributed by atoms with Gasteiger partial charge in [0.2, 0.25) is 0 Å². The Morgan fingerprint density at radius 1 is 1.13 bits per heavy atom. The van der Waals surface area contributed by atoms with Crippen LogP contribution in [0.15, 0.2) is 55.1 Å². The second-order valence-electron chi connectivity index (χ2n) is 4.44. The van der Waals surface area contributed by atoms with Crippen LogP contribution in [0.2, 0.25) is 0 Å². The molecule has 0 aliphatic carbocycles. The number of rotatable bonds is 5. The average Bonchev–Trinajstić information content (AvgIpc) is 2.62. The molecule has 122 valence electrons. The molecule has 0 aliphatic rings. The number of allylic oxidation sites excluding steroid dienone is 5. The third kappa shape index (κ3) is 4.46. The van der Waals surface area contributed by atoms with E-state index in [1.54, 1.807) is 20.3 Å². The number of nitrogens with zero attached hydrogens (tertiary/aromatic N) is 1. The lowest BCUT2D eigenvalue weighted by atomic mass is 10.1. The van der Waals surface area contributed by atoms with Crippen molar-refractivity contribution < 1.29 is 9.47 Å². The first kappa shape index (κ1) is 18.5. The van der Waals surface area contributed by atoms with E-state index < -0.39 is 0 Å². The molecular formula is C20H25NO2. The highest BCUT2D eigenvalue weighted by Crippen LogP contribution is 2.30. The molecule has 0 atom stereocenters. The third-order valence-electron chi connectivity index (χ3n) is 3.18. The van der Waals surface area contributed by atoms with Gasteiger partial charge in [0, 0.05) is 17.5 Å². The van der Waals surface area contributed by atoms with E-state index in [-0.39, 0.29) is 0 Å². The Kier molecular flexibility index (Phi) is 7.61. The highest BCUT2D eigenvalue weighted by Gasteiger charge is 2.09. The summed E-state index contributed by atoms with van der Waals surface area (Å²) >= 11 is 0. The van der Waals surface area contributed by atoms with Crippen LogP contribution in [0.3, 0.4) is 0 Å². The first-order valence-corrected chi connectivity index (χ1v) is 7.72. The maximum atomic E-state index is 5.48. The average molecular weight is 311 g/mol. The minimum absolute atomic E-state index is 0.770. The van der Waals surface area contributed by atoms with E-state index in [2.05, 4.69) is 11.6 Å². The van der Waals surface area contributed by atoms with Crippen molar-refractivity contribution in [2.45, 2.75) is 20.8 Å². The number of benzene rings is 1. The summed E-state index contributed by atoms with van der Waals surface area (Å²) in [5.41, 5.74) is 2.59. The molecule has 23 heavy (non-hydrogen) atoms. The Morgan fingerprint density at radius 2 is 1.87 bits per heavy atom. The van der Waals surface area contributed by atoms with Gasteiger partial charge in [0.05, 0.1) is 25.4 Å². The van der Waals surface area contributed by atoms with Crippen molar-refractivity contribution in [3.8, 4) is 11.5 Å². The van der Waals surface area contributed by atoms with Gasteiger partial charge in [-0.2, -0.15) is 0 Å². The molecule has 0 radical (unpaired) electrons. The van der Waals surface area contributed by atoms with E-state index in [4.69, 9.17) is 9.47 Å². The molecule has 2 aromatic rings. The Bertz CT molecular complexity index is 715. The minimum atomic E-state index is 0.770. The fraction of sp³-hybridized carbons (Fsp3) is 0.250. The first-order chi connectivity index (χ1) is 11.2. The van der Waals surface area contributed by atoms with E-state index in [0.717, 1.165) is 33.7 Å². The van der Waals surface area contributed by atoms with Crippen molar-refractivity contribution in [2.75, 3.05) is 14.2 Å². The molecule has 3 heteroatoms. The van der Waals surface area contributed by atoms with Crippen LogP contribution >= 0.6 is 0 Å². The molecule has 0 N–H and O–H groups in total. The van der Waals surface area contributed by atoms with Crippen molar-refractivity contribution >= 4 is 16.5 Å². The summed E-state index contributed by atoms with van der Waals surface area (Å²) < 4.78 is 10.7. The summed E-state index contributed by atoms with van der Waals surface area (Å²) in [4.78, 5) is 4.68. The van der Waals surface area contributed by atoms with Crippen molar-refractivity contribution in [2.24, 2.45) is 0 Å². The number of methoxy groups -OCH3 is 2. The van der Waals surface area contributed by atoms with Crippen LogP contribution < -0.4 is 9.47 Å². The quantitative estimate of drug-likeness (QED) is 0.690. The van der Waals surface area contributed by atoms with Crippen LogP contribution in [0, 0.1) is 0 Å². The van der Waals surface area contributed by atoms with Gasteiger partial charge in [0.1, 0.15) is 11.5 Å². The zero-order valence-electron chi connectivity index (χ0n) is 14.6. The number of hydrogen-bond acceptors (Lipinski definition) is 3. The predicted molar refractivity (Wildman–Crippen MR) is 99.2 cm³/mol. The van der Waals surface area contributed by atoms with Gasteiger partial charge in [0.15, 0.2) is 0 Å². The van der Waals surface area contributed by atoms with Gasteiger partial charge in [-0.3, -0.25) is 0 Å². The maximum Gasteiger partial charge on any atom is 0.130 e. The third-order valence-corrected chi connectivity index (χ3v) is 3.18. The van der Waals surface area contributed by atoms with Gasteiger partial charge >= 0.3 is 0 Å².